The fraction of sp³-hybridized carbons (Fsp3) is 0.750. The van der Waals surface area contributed by atoms with E-state index in [0.717, 1.165) is 25.5 Å². The summed E-state index contributed by atoms with van der Waals surface area (Å²) in [6, 6.07) is 0. The summed E-state index contributed by atoms with van der Waals surface area (Å²) in [5.74, 6) is 0.709. The Morgan fingerprint density at radius 1 is 1.15 bits per heavy atom. The largest absolute Gasteiger partial charge is 0.303 e. The third-order valence-electron chi connectivity index (χ3n) is 2.25. The van der Waals surface area contributed by atoms with Gasteiger partial charge in [0.05, 0.1) is 0 Å². The predicted molar refractivity (Wildman–Crippen MR) is 57.7 cm³/mol. The van der Waals surface area contributed by atoms with Gasteiger partial charge in [-0.05, 0) is 31.6 Å². The number of carbonyl (C=O) groups is 1. The van der Waals surface area contributed by atoms with E-state index in [4.69, 9.17) is 0 Å². The van der Waals surface area contributed by atoms with Crippen LogP contribution in [0.4, 0.5) is 0 Å². The van der Waals surface area contributed by atoms with E-state index in [0.29, 0.717) is 5.92 Å². The van der Waals surface area contributed by atoms with Crippen LogP contribution in [-0.4, -0.2) is 6.29 Å². The van der Waals surface area contributed by atoms with Crippen LogP contribution in [0, 0.1) is 5.92 Å². The fourth-order valence-corrected chi connectivity index (χ4v) is 1.37. The van der Waals surface area contributed by atoms with Crippen LogP contribution in [0.3, 0.4) is 0 Å². The zero-order chi connectivity index (χ0) is 9.94. The molecule has 0 aromatic heterocycles. The van der Waals surface area contributed by atoms with Gasteiger partial charge in [0.1, 0.15) is 6.29 Å². The van der Waals surface area contributed by atoms with Crippen LogP contribution in [-0.2, 0) is 4.79 Å². The SMILES string of the molecule is CCC=CCCCC(C)CCC=O. The van der Waals surface area contributed by atoms with Crippen LogP contribution in [0.5, 0.6) is 0 Å². The summed E-state index contributed by atoms with van der Waals surface area (Å²) in [5, 5.41) is 0. The standard InChI is InChI=1S/C12H22O/c1-3-4-5-6-7-9-12(2)10-8-11-13/h4-5,11-12H,3,6-10H2,1-2H3. The summed E-state index contributed by atoms with van der Waals surface area (Å²) in [6.07, 6.45) is 12.1. The Hall–Kier alpha value is -0.590. The minimum Gasteiger partial charge on any atom is -0.303 e. The van der Waals surface area contributed by atoms with Gasteiger partial charge in [-0.25, -0.2) is 0 Å². The maximum Gasteiger partial charge on any atom is 0.120 e. The van der Waals surface area contributed by atoms with Gasteiger partial charge in [-0.2, -0.15) is 0 Å². The van der Waals surface area contributed by atoms with E-state index in [9.17, 15) is 4.79 Å². The Morgan fingerprint density at radius 2 is 1.92 bits per heavy atom. The zero-order valence-corrected chi connectivity index (χ0v) is 8.96. The lowest BCUT2D eigenvalue weighted by Crippen LogP contribution is -1.94. The van der Waals surface area contributed by atoms with Crippen LogP contribution in [0.25, 0.3) is 0 Å². The molecule has 0 radical (unpaired) electrons. The van der Waals surface area contributed by atoms with Crippen molar-refractivity contribution in [2.75, 3.05) is 0 Å². The number of aldehydes is 1. The molecule has 1 unspecified atom stereocenters. The average molecular weight is 182 g/mol. The van der Waals surface area contributed by atoms with Crippen molar-refractivity contribution in [2.24, 2.45) is 5.92 Å². The first-order valence-corrected chi connectivity index (χ1v) is 5.39. The molecule has 0 N–H and O–H groups in total. The Kier molecular flexibility index (Phi) is 9.07. The summed E-state index contributed by atoms with van der Waals surface area (Å²) in [5.41, 5.74) is 0. The van der Waals surface area contributed by atoms with Crippen molar-refractivity contribution in [3.63, 3.8) is 0 Å². The van der Waals surface area contributed by atoms with Gasteiger partial charge in [-0.15, -0.1) is 0 Å². The zero-order valence-electron chi connectivity index (χ0n) is 8.96. The topological polar surface area (TPSA) is 17.1 Å². The molecule has 0 heterocycles. The van der Waals surface area contributed by atoms with Crippen LogP contribution >= 0.6 is 0 Å². The monoisotopic (exact) mass is 182 g/mol. The lowest BCUT2D eigenvalue weighted by molar-refractivity contribution is -0.108. The van der Waals surface area contributed by atoms with Crippen molar-refractivity contribution in [2.45, 2.75) is 52.4 Å². The minimum atomic E-state index is 0.709. The molecule has 0 saturated heterocycles. The van der Waals surface area contributed by atoms with Crippen LogP contribution < -0.4 is 0 Å². The number of carbonyl (C=O) groups excluding carboxylic acids is 1. The normalized spacial score (nSPS) is 13.4. The molecule has 1 atom stereocenters. The molecular formula is C12H22O. The molecule has 0 aromatic carbocycles. The maximum absolute atomic E-state index is 10.1. The van der Waals surface area contributed by atoms with E-state index < -0.39 is 0 Å². The highest BCUT2D eigenvalue weighted by atomic mass is 16.1. The van der Waals surface area contributed by atoms with Gasteiger partial charge in [-0.1, -0.05) is 32.4 Å². The second-order valence-electron chi connectivity index (χ2n) is 3.66. The summed E-state index contributed by atoms with van der Waals surface area (Å²) >= 11 is 0. The lowest BCUT2D eigenvalue weighted by Gasteiger charge is -2.07. The Morgan fingerprint density at radius 3 is 2.54 bits per heavy atom. The predicted octanol–water partition coefficient (Wildman–Crippen LogP) is 3.74. The molecular weight excluding hydrogens is 160 g/mol. The molecule has 1 nitrogen and oxygen atoms in total. The Labute approximate surface area is 82.2 Å². The second kappa shape index (κ2) is 9.50. The van der Waals surface area contributed by atoms with E-state index in [-0.39, 0.29) is 0 Å². The summed E-state index contributed by atoms with van der Waals surface area (Å²) in [6.45, 7) is 4.39. The smallest absolute Gasteiger partial charge is 0.120 e. The summed E-state index contributed by atoms with van der Waals surface area (Å²) in [4.78, 5) is 10.1. The van der Waals surface area contributed by atoms with Crippen molar-refractivity contribution in [1.29, 1.82) is 0 Å². The first-order chi connectivity index (χ1) is 6.31. The highest BCUT2D eigenvalue weighted by Crippen LogP contribution is 2.13. The molecule has 0 saturated carbocycles. The van der Waals surface area contributed by atoms with Crippen LogP contribution in [0.2, 0.25) is 0 Å². The van der Waals surface area contributed by atoms with Gasteiger partial charge < -0.3 is 4.79 Å². The van der Waals surface area contributed by atoms with Gasteiger partial charge >= 0.3 is 0 Å². The van der Waals surface area contributed by atoms with Crippen LogP contribution in [0.15, 0.2) is 12.2 Å². The molecule has 0 aliphatic carbocycles. The molecule has 1 heteroatoms. The van der Waals surface area contributed by atoms with Gasteiger partial charge in [0.25, 0.3) is 0 Å². The molecule has 76 valence electrons. The number of hydrogen-bond acceptors (Lipinski definition) is 1. The first kappa shape index (κ1) is 12.4. The maximum atomic E-state index is 10.1. The highest BCUT2D eigenvalue weighted by Gasteiger charge is 1.99. The molecule has 0 rings (SSSR count). The van der Waals surface area contributed by atoms with E-state index in [1.165, 1.54) is 19.3 Å². The van der Waals surface area contributed by atoms with E-state index in [1.54, 1.807) is 0 Å². The number of rotatable bonds is 8. The third kappa shape index (κ3) is 9.32. The summed E-state index contributed by atoms with van der Waals surface area (Å²) in [7, 11) is 0. The van der Waals surface area contributed by atoms with E-state index in [1.807, 2.05) is 0 Å². The van der Waals surface area contributed by atoms with Crippen molar-refractivity contribution in [3.8, 4) is 0 Å². The molecule has 0 bridgehead atoms. The molecule has 0 aliphatic rings. The third-order valence-corrected chi connectivity index (χ3v) is 2.25. The van der Waals surface area contributed by atoms with Crippen LogP contribution in [0.1, 0.15) is 52.4 Å². The van der Waals surface area contributed by atoms with Crippen molar-refractivity contribution in [1.82, 2.24) is 0 Å². The van der Waals surface area contributed by atoms with Gasteiger partial charge in [0.15, 0.2) is 0 Å². The molecule has 0 spiro atoms. The fourth-order valence-electron chi connectivity index (χ4n) is 1.37. The molecule has 0 fully saturated rings. The van der Waals surface area contributed by atoms with Crippen molar-refractivity contribution < 1.29 is 4.79 Å². The van der Waals surface area contributed by atoms with Crippen molar-refractivity contribution in [3.05, 3.63) is 12.2 Å². The highest BCUT2D eigenvalue weighted by molar-refractivity contribution is 5.49. The second-order valence-corrected chi connectivity index (χ2v) is 3.66. The van der Waals surface area contributed by atoms with Crippen molar-refractivity contribution >= 4 is 6.29 Å². The molecule has 0 amide bonds. The first-order valence-electron chi connectivity index (χ1n) is 5.39. The van der Waals surface area contributed by atoms with Gasteiger partial charge in [0, 0.05) is 6.42 Å². The minimum absolute atomic E-state index is 0.709. The molecule has 0 aromatic rings. The number of hydrogen-bond donors (Lipinski definition) is 0. The quantitative estimate of drug-likeness (QED) is 0.317. The van der Waals surface area contributed by atoms with Gasteiger partial charge in [-0.3, -0.25) is 0 Å². The Bertz CT molecular complexity index is 138. The number of allylic oxidation sites excluding steroid dienone is 2. The summed E-state index contributed by atoms with van der Waals surface area (Å²) < 4.78 is 0. The average Bonchev–Trinajstić information content (AvgIpc) is 2.14. The molecule has 0 aliphatic heterocycles. The van der Waals surface area contributed by atoms with Gasteiger partial charge in [0.2, 0.25) is 0 Å². The van der Waals surface area contributed by atoms with E-state index >= 15 is 0 Å². The van der Waals surface area contributed by atoms with E-state index in [2.05, 4.69) is 26.0 Å². The lowest BCUT2D eigenvalue weighted by atomic mass is 9.99. The molecule has 13 heavy (non-hydrogen) atoms. The Balaban J connectivity index is 3.20. The number of unbranched alkanes of at least 4 members (excludes halogenated alkanes) is 1.